The molecule has 0 saturated heterocycles. The molecule has 6 nitrogen and oxygen atoms in total. The summed E-state index contributed by atoms with van der Waals surface area (Å²) in [6.07, 6.45) is 0. The maximum atomic E-state index is 12.2. The van der Waals surface area contributed by atoms with Crippen molar-refractivity contribution < 1.29 is 14.3 Å². The summed E-state index contributed by atoms with van der Waals surface area (Å²) < 4.78 is 10.8. The minimum Gasteiger partial charge on any atom is -0.493 e. The quantitative estimate of drug-likeness (QED) is 0.464. The molecule has 3 aromatic carbocycles. The van der Waals surface area contributed by atoms with Gasteiger partial charge in [0.1, 0.15) is 0 Å². The van der Waals surface area contributed by atoms with Crippen LogP contribution >= 0.6 is 11.8 Å². The average molecular weight is 405 g/mol. The van der Waals surface area contributed by atoms with Crippen LogP contribution in [0.3, 0.4) is 0 Å². The third-order valence-corrected chi connectivity index (χ3v) is 5.04. The van der Waals surface area contributed by atoms with Crippen molar-refractivity contribution in [1.29, 1.82) is 0 Å². The summed E-state index contributed by atoms with van der Waals surface area (Å²) >= 11 is 1.53. The Kier molecular flexibility index (Phi) is 5.67. The van der Waals surface area contributed by atoms with Crippen LogP contribution in [-0.4, -0.2) is 29.6 Å². The molecule has 29 heavy (non-hydrogen) atoms. The van der Waals surface area contributed by atoms with Gasteiger partial charge in [-0.2, -0.15) is 0 Å². The van der Waals surface area contributed by atoms with E-state index in [9.17, 15) is 4.79 Å². The number of carbonyl (C=O) groups is 1. The highest BCUT2D eigenvalue weighted by atomic mass is 32.2. The standard InChI is InChI=1S/C22H19N3O3S/c1-27-19-8-4-5-9-20(19)28-14-21(26)23-15-10-12-16(13-11-15)29-22-24-17-6-2-3-7-18(17)25-22/h2-13H,14H2,1H3,(H,23,26)(H,24,25). The van der Waals surface area contributed by atoms with Gasteiger partial charge in [0.05, 0.1) is 18.1 Å². The van der Waals surface area contributed by atoms with Gasteiger partial charge in [-0.05, 0) is 48.5 Å². The number of hydrogen-bond acceptors (Lipinski definition) is 5. The molecule has 0 aliphatic carbocycles. The van der Waals surface area contributed by atoms with E-state index in [-0.39, 0.29) is 12.5 Å². The lowest BCUT2D eigenvalue weighted by Crippen LogP contribution is -2.20. The van der Waals surface area contributed by atoms with E-state index in [1.165, 1.54) is 11.8 Å². The number of aromatic nitrogens is 2. The van der Waals surface area contributed by atoms with Gasteiger partial charge in [0, 0.05) is 10.6 Å². The number of methoxy groups -OCH3 is 1. The monoisotopic (exact) mass is 405 g/mol. The van der Waals surface area contributed by atoms with Crippen molar-refractivity contribution in [3.63, 3.8) is 0 Å². The molecule has 4 rings (SSSR count). The molecule has 0 atom stereocenters. The summed E-state index contributed by atoms with van der Waals surface area (Å²) in [5, 5.41) is 3.65. The molecule has 1 aromatic heterocycles. The van der Waals surface area contributed by atoms with Crippen LogP contribution in [0.1, 0.15) is 0 Å². The average Bonchev–Trinajstić information content (AvgIpc) is 3.16. The summed E-state index contributed by atoms with van der Waals surface area (Å²) in [4.78, 5) is 21.0. The van der Waals surface area contributed by atoms with Gasteiger partial charge in [-0.15, -0.1) is 0 Å². The number of rotatable bonds is 7. The van der Waals surface area contributed by atoms with E-state index in [2.05, 4.69) is 15.3 Å². The van der Waals surface area contributed by atoms with Gasteiger partial charge >= 0.3 is 0 Å². The Bertz CT molecular complexity index is 1090. The molecule has 146 valence electrons. The van der Waals surface area contributed by atoms with E-state index in [0.29, 0.717) is 17.2 Å². The van der Waals surface area contributed by atoms with Gasteiger partial charge in [0.25, 0.3) is 5.91 Å². The summed E-state index contributed by atoms with van der Waals surface area (Å²) in [5.41, 5.74) is 2.65. The Hall–Kier alpha value is -3.45. The number of carbonyl (C=O) groups excluding carboxylic acids is 1. The number of hydrogen-bond donors (Lipinski definition) is 2. The molecule has 0 spiro atoms. The number of anilines is 1. The Morgan fingerprint density at radius 3 is 2.48 bits per heavy atom. The first-order chi connectivity index (χ1) is 14.2. The molecular formula is C22H19N3O3S. The van der Waals surface area contributed by atoms with Crippen LogP contribution in [0.15, 0.2) is 82.8 Å². The highest BCUT2D eigenvalue weighted by molar-refractivity contribution is 7.99. The fourth-order valence-corrected chi connectivity index (χ4v) is 3.57. The van der Waals surface area contributed by atoms with Crippen LogP contribution in [0.5, 0.6) is 11.5 Å². The number of aromatic amines is 1. The lowest BCUT2D eigenvalue weighted by Gasteiger charge is -2.10. The third-order valence-electron chi connectivity index (χ3n) is 4.15. The van der Waals surface area contributed by atoms with Gasteiger partial charge < -0.3 is 19.8 Å². The molecule has 0 saturated carbocycles. The molecule has 7 heteroatoms. The summed E-state index contributed by atoms with van der Waals surface area (Å²) in [7, 11) is 1.56. The summed E-state index contributed by atoms with van der Waals surface area (Å²) in [5.74, 6) is 0.878. The summed E-state index contributed by atoms with van der Waals surface area (Å²) in [6, 6.07) is 22.7. The number of imidazole rings is 1. The fraction of sp³-hybridized carbons (Fsp3) is 0.0909. The van der Waals surface area contributed by atoms with Crippen molar-refractivity contribution in [2.45, 2.75) is 10.1 Å². The number of H-pyrrole nitrogens is 1. The minimum atomic E-state index is -0.242. The molecule has 0 unspecified atom stereocenters. The van der Waals surface area contributed by atoms with E-state index in [0.717, 1.165) is 21.1 Å². The van der Waals surface area contributed by atoms with E-state index in [4.69, 9.17) is 9.47 Å². The number of nitrogens with one attached hydrogen (secondary N) is 2. The van der Waals surface area contributed by atoms with Crippen LogP contribution in [0.25, 0.3) is 11.0 Å². The highest BCUT2D eigenvalue weighted by Gasteiger charge is 2.08. The molecule has 0 radical (unpaired) electrons. The van der Waals surface area contributed by atoms with Gasteiger partial charge in [0.2, 0.25) is 0 Å². The van der Waals surface area contributed by atoms with Crippen molar-refractivity contribution in [2.24, 2.45) is 0 Å². The smallest absolute Gasteiger partial charge is 0.262 e. The Labute approximate surface area is 172 Å². The molecule has 1 heterocycles. The Balaban J connectivity index is 1.33. The van der Waals surface area contributed by atoms with Crippen LogP contribution in [0.2, 0.25) is 0 Å². The van der Waals surface area contributed by atoms with E-state index in [1.807, 2.05) is 60.7 Å². The topological polar surface area (TPSA) is 76.2 Å². The van der Waals surface area contributed by atoms with Crippen LogP contribution in [0, 0.1) is 0 Å². The summed E-state index contributed by atoms with van der Waals surface area (Å²) in [6.45, 7) is -0.101. The Morgan fingerprint density at radius 1 is 1.00 bits per heavy atom. The number of benzene rings is 3. The molecule has 0 fully saturated rings. The predicted octanol–water partition coefficient (Wildman–Crippen LogP) is 4.74. The van der Waals surface area contributed by atoms with E-state index < -0.39 is 0 Å². The van der Waals surface area contributed by atoms with Crippen molar-refractivity contribution in [3.05, 3.63) is 72.8 Å². The normalized spacial score (nSPS) is 10.7. The number of nitrogens with zero attached hydrogens (tertiary/aromatic N) is 1. The molecule has 0 bridgehead atoms. The number of para-hydroxylation sites is 4. The second-order valence-electron chi connectivity index (χ2n) is 6.17. The molecule has 4 aromatic rings. The van der Waals surface area contributed by atoms with Crippen molar-refractivity contribution in [2.75, 3.05) is 19.0 Å². The van der Waals surface area contributed by atoms with Gasteiger partial charge in [0.15, 0.2) is 23.3 Å². The third kappa shape index (κ3) is 4.70. The maximum absolute atomic E-state index is 12.2. The zero-order chi connectivity index (χ0) is 20.1. The van der Waals surface area contributed by atoms with Gasteiger partial charge in [-0.1, -0.05) is 36.0 Å². The molecule has 1 amide bonds. The molecule has 2 N–H and O–H groups in total. The fourth-order valence-electron chi connectivity index (χ4n) is 2.77. The lowest BCUT2D eigenvalue weighted by atomic mass is 10.3. The molecular weight excluding hydrogens is 386 g/mol. The molecule has 0 aliphatic heterocycles. The second kappa shape index (κ2) is 8.70. The first-order valence-electron chi connectivity index (χ1n) is 8.99. The van der Waals surface area contributed by atoms with Crippen molar-refractivity contribution in [1.82, 2.24) is 9.97 Å². The highest BCUT2D eigenvalue weighted by Crippen LogP contribution is 2.28. The number of amides is 1. The number of fused-ring (bicyclic) bond motifs is 1. The maximum Gasteiger partial charge on any atom is 0.262 e. The van der Waals surface area contributed by atoms with Crippen LogP contribution in [-0.2, 0) is 4.79 Å². The first-order valence-corrected chi connectivity index (χ1v) is 9.81. The van der Waals surface area contributed by atoms with Crippen molar-refractivity contribution in [3.8, 4) is 11.5 Å². The largest absolute Gasteiger partial charge is 0.493 e. The SMILES string of the molecule is COc1ccccc1OCC(=O)Nc1ccc(Sc2nc3ccccc3[nH]2)cc1. The van der Waals surface area contributed by atoms with Gasteiger partial charge in [-0.25, -0.2) is 4.98 Å². The lowest BCUT2D eigenvalue weighted by molar-refractivity contribution is -0.118. The molecule has 0 aliphatic rings. The van der Waals surface area contributed by atoms with Crippen LogP contribution in [0.4, 0.5) is 5.69 Å². The van der Waals surface area contributed by atoms with E-state index in [1.54, 1.807) is 19.2 Å². The van der Waals surface area contributed by atoms with E-state index >= 15 is 0 Å². The minimum absolute atomic E-state index is 0.101. The first kappa shape index (κ1) is 18.9. The zero-order valence-electron chi connectivity index (χ0n) is 15.7. The second-order valence-corrected chi connectivity index (χ2v) is 7.24. The zero-order valence-corrected chi connectivity index (χ0v) is 16.5. The number of ether oxygens (including phenoxy) is 2. The van der Waals surface area contributed by atoms with Crippen molar-refractivity contribution >= 4 is 34.4 Å². The predicted molar refractivity (Wildman–Crippen MR) is 114 cm³/mol. The van der Waals surface area contributed by atoms with Gasteiger partial charge in [-0.3, -0.25) is 4.79 Å². The van der Waals surface area contributed by atoms with Crippen LogP contribution < -0.4 is 14.8 Å². The Morgan fingerprint density at radius 2 is 1.72 bits per heavy atom.